The van der Waals surface area contributed by atoms with Crippen molar-refractivity contribution in [1.29, 1.82) is 0 Å². The summed E-state index contributed by atoms with van der Waals surface area (Å²) >= 11 is 6.24. The van der Waals surface area contributed by atoms with Crippen LogP contribution in [-0.2, 0) is 0 Å². The highest BCUT2D eigenvalue weighted by molar-refractivity contribution is 6.34. The number of hydrogen-bond donors (Lipinski definition) is 0. The maximum absolute atomic E-state index is 6.24. The van der Waals surface area contributed by atoms with E-state index in [1.54, 1.807) is 6.26 Å². The molecule has 0 N–H and O–H groups in total. The van der Waals surface area contributed by atoms with Crippen molar-refractivity contribution >= 4 is 11.6 Å². The second-order valence-corrected chi connectivity index (χ2v) is 4.43. The molecule has 0 aliphatic heterocycles. The van der Waals surface area contributed by atoms with Crippen molar-refractivity contribution in [2.75, 3.05) is 0 Å². The van der Waals surface area contributed by atoms with Crippen LogP contribution in [0.15, 0.2) is 71.3 Å². The Bertz CT molecular complexity index is 641. The zero-order chi connectivity index (χ0) is 12.4. The van der Waals surface area contributed by atoms with E-state index in [2.05, 4.69) is 0 Å². The van der Waals surface area contributed by atoms with E-state index in [9.17, 15) is 0 Å². The summed E-state index contributed by atoms with van der Waals surface area (Å²) in [5.41, 5.74) is 3.04. The third-order valence-electron chi connectivity index (χ3n) is 2.84. The molecular weight excluding hydrogens is 244 g/mol. The van der Waals surface area contributed by atoms with Crippen molar-refractivity contribution in [3.8, 4) is 22.5 Å². The molecule has 0 spiro atoms. The first kappa shape index (κ1) is 11.1. The molecule has 1 heterocycles. The highest BCUT2D eigenvalue weighted by Crippen LogP contribution is 2.38. The van der Waals surface area contributed by atoms with Crippen LogP contribution in [0, 0.1) is 0 Å². The van der Waals surface area contributed by atoms with Gasteiger partial charge in [0.05, 0.1) is 5.02 Å². The topological polar surface area (TPSA) is 13.1 Å². The molecule has 0 aliphatic carbocycles. The fraction of sp³-hybridized carbons (Fsp3) is 0. The van der Waals surface area contributed by atoms with Crippen LogP contribution in [0.2, 0.25) is 5.02 Å². The van der Waals surface area contributed by atoms with Crippen molar-refractivity contribution in [3.05, 3.63) is 71.9 Å². The predicted molar refractivity (Wildman–Crippen MR) is 74.6 cm³/mol. The average molecular weight is 255 g/mol. The molecule has 3 rings (SSSR count). The lowest BCUT2D eigenvalue weighted by Gasteiger charge is -2.03. The normalized spacial score (nSPS) is 10.5. The van der Waals surface area contributed by atoms with E-state index in [0.29, 0.717) is 5.02 Å². The molecule has 0 unspecified atom stereocenters. The van der Waals surface area contributed by atoms with E-state index >= 15 is 0 Å². The fourth-order valence-corrected chi connectivity index (χ4v) is 2.25. The molecule has 88 valence electrons. The zero-order valence-electron chi connectivity index (χ0n) is 9.64. The third kappa shape index (κ3) is 1.93. The van der Waals surface area contributed by atoms with Gasteiger partial charge in [0, 0.05) is 11.1 Å². The summed E-state index contributed by atoms with van der Waals surface area (Å²) in [4.78, 5) is 0. The maximum atomic E-state index is 6.24. The summed E-state index contributed by atoms with van der Waals surface area (Å²) in [6.07, 6.45) is 1.59. The van der Waals surface area contributed by atoms with Gasteiger partial charge in [-0.2, -0.15) is 0 Å². The van der Waals surface area contributed by atoms with Gasteiger partial charge in [0.2, 0.25) is 0 Å². The Morgan fingerprint density at radius 1 is 0.722 bits per heavy atom. The van der Waals surface area contributed by atoms with Crippen LogP contribution in [-0.4, -0.2) is 0 Å². The van der Waals surface area contributed by atoms with E-state index in [-0.39, 0.29) is 0 Å². The van der Waals surface area contributed by atoms with Gasteiger partial charge < -0.3 is 4.42 Å². The van der Waals surface area contributed by atoms with Crippen molar-refractivity contribution in [2.45, 2.75) is 0 Å². The summed E-state index contributed by atoms with van der Waals surface area (Å²) in [5, 5.41) is 0.639. The minimum absolute atomic E-state index is 0.639. The van der Waals surface area contributed by atoms with Crippen molar-refractivity contribution in [2.24, 2.45) is 0 Å². The lowest BCUT2D eigenvalue weighted by atomic mass is 10.0. The second kappa shape index (κ2) is 4.71. The Morgan fingerprint density at radius 3 is 1.89 bits per heavy atom. The molecule has 2 aromatic carbocycles. The lowest BCUT2D eigenvalue weighted by Crippen LogP contribution is -1.80. The maximum Gasteiger partial charge on any atom is 0.143 e. The van der Waals surface area contributed by atoms with Crippen molar-refractivity contribution in [3.63, 3.8) is 0 Å². The molecule has 18 heavy (non-hydrogen) atoms. The largest absolute Gasteiger partial charge is 0.462 e. The molecule has 0 fully saturated rings. The first-order valence-electron chi connectivity index (χ1n) is 5.74. The van der Waals surface area contributed by atoms with Crippen LogP contribution in [0.1, 0.15) is 0 Å². The summed E-state index contributed by atoms with van der Waals surface area (Å²) in [6, 6.07) is 20.0. The Labute approximate surface area is 111 Å². The van der Waals surface area contributed by atoms with Crippen LogP contribution in [0.4, 0.5) is 0 Å². The molecule has 0 aliphatic rings. The summed E-state index contributed by atoms with van der Waals surface area (Å²) in [5.74, 6) is 0.812. The van der Waals surface area contributed by atoms with Gasteiger partial charge in [0.15, 0.2) is 0 Å². The molecule has 0 saturated heterocycles. The summed E-state index contributed by atoms with van der Waals surface area (Å²) in [7, 11) is 0. The predicted octanol–water partition coefficient (Wildman–Crippen LogP) is 5.27. The van der Waals surface area contributed by atoms with Gasteiger partial charge in [-0.25, -0.2) is 0 Å². The van der Waals surface area contributed by atoms with Gasteiger partial charge in [-0.05, 0) is 5.56 Å². The first-order valence-corrected chi connectivity index (χ1v) is 6.12. The van der Waals surface area contributed by atoms with Crippen LogP contribution in [0.5, 0.6) is 0 Å². The van der Waals surface area contributed by atoms with Crippen LogP contribution in [0.25, 0.3) is 22.5 Å². The van der Waals surface area contributed by atoms with Crippen LogP contribution >= 0.6 is 11.6 Å². The van der Waals surface area contributed by atoms with E-state index in [4.69, 9.17) is 16.0 Å². The number of furan rings is 1. The highest BCUT2D eigenvalue weighted by Gasteiger charge is 2.15. The van der Waals surface area contributed by atoms with Crippen molar-refractivity contribution in [1.82, 2.24) is 0 Å². The Morgan fingerprint density at radius 2 is 1.28 bits per heavy atom. The Kier molecular flexibility index (Phi) is 2.91. The minimum atomic E-state index is 0.639. The number of rotatable bonds is 2. The Balaban J connectivity index is 2.19. The van der Waals surface area contributed by atoms with E-state index in [0.717, 1.165) is 22.5 Å². The van der Waals surface area contributed by atoms with Crippen molar-refractivity contribution < 1.29 is 4.42 Å². The smallest absolute Gasteiger partial charge is 0.143 e. The van der Waals surface area contributed by atoms with Gasteiger partial charge in [-0.1, -0.05) is 72.3 Å². The van der Waals surface area contributed by atoms with Gasteiger partial charge >= 0.3 is 0 Å². The molecule has 0 bridgehead atoms. The standard InChI is InChI=1S/C16H11ClO/c17-14-11-18-16(13-9-5-2-6-10-13)15(14)12-7-3-1-4-8-12/h1-11H. The van der Waals surface area contributed by atoms with Gasteiger partial charge in [0.25, 0.3) is 0 Å². The lowest BCUT2D eigenvalue weighted by molar-refractivity contribution is 0.583. The highest BCUT2D eigenvalue weighted by atomic mass is 35.5. The zero-order valence-corrected chi connectivity index (χ0v) is 10.4. The summed E-state index contributed by atoms with van der Waals surface area (Å²) < 4.78 is 5.60. The molecule has 2 heteroatoms. The van der Waals surface area contributed by atoms with Gasteiger partial charge in [-0.3, -0.25) is 0 Å². The average Bonchev–Trinajstić information content (AvgIpc) is 2.83. The van der Waals surface area contributed by atoms with E-state index in [1.807, 2.05) is 60.7 Å². The first-order chi connectivity index (χ1) is 8.86. The Hall–Kier alpha value is -1.99. The van der Waals surface area contributed by atoms with E-state index in [1.165, 1.54) is 0 Å². The second-order valence-electron chi connectivity index (χ2n) is 4.02. The fourth-order valence-electron chi connectivity index (χ4n) is 2.01. The quantitative estimate of drug-likeness (QED) is 0.607. The summed E-state index contributed by atoms with van der Waals surface area (Å²) in [6.45, 7) is 0. The van der Waals surface area contributed by atoms with Gasteiger partial charge in [0.1, 0.15) is 12.0 Å². The van der Waals surface area contributed by atoms with Crippen LogP contribution < -0.4 is 0 Å². The third-order valence-corrected chi connectivity index (χ3v) is 3.12. The molecule has 1 aromatic heterocycles. The molecular formula is C16H11ClO. The van der Waals surface area contributed by atoms with Gasteiger partial charge in [-0.15, -0.1) is 0 Å². The van der Waals surface area contributed by atoms with E-state index < -0.39 is 0 Å². The molecule has 0 radical (unpaired) electrons. The molecule has 0 atom stereocenters. The molecule has 1 nitrogen and oxygen atoms in total. The number of halogens is 1. The monoisotopic (exact) mass is 254 g/mol. The molecule has 0 saturated carbocycles. The number of benzene rings is 2. The molecule has 0 amide bonds. The number of hydrogen-bond acceptors (Lipinski definition) is 1. The van der Waals surface area contributed by atoms with Crippen LogP contribution in [0.3, 0.4) is 0 Å². The minimum Gasteiger partial charge on any atom is -0.462 e. The molecule has 3 aromatic rings. The SMILES string of the molecule is Clc1coc(-c2ccccc2)c1-c1ccccc1.